The maximum atomic E-state index is 12.1. The van der Waals surface area contributed by atoms with Gasteiger partial charge in [0.05, 0.1) is 11.9 Å². The number of carbonyl (C=O) groups excluding carboxylic acids is 1. The Morgan fingerprint density at radius 3 is 2.84 bits per heavy atom. The molecule has 19 heavy (non-hydrogen) atoms. The Labute approximate surface area is 110 Å². The molecule has 1 amide bonds. The monoisotopic (exact) mass is 254 g/mol. The first kappa shape index (κ1) is 11.5. The van der Waals surface area contributed by atoms with Crippen LogP contribution in [0.4, 0.5) is 5.69 Å². The minimum absolute atomic E-state index is 0.172. The predicted molar refractivity (Wildman–Crippen MR) is 74.3 cm³/mol. The van der Waals surface area contributed by atoms with Crippen LogP contribution in [0.1, 0.15) is 21.6 Å². The largest absolute Gasteiger partial charge is 0.351 e. The molecule has 0 atom stereocenters. The lowest BCUT2D eigenvalue weighted by Gasteiger charge is -1.98. The van der Waals surface area contributed by atoms with E-state index in [1.165, 1.54) is 5.56 Å². The molecule has 3 N–H and O–H groups in total. The van der Waals surface area contributed by atoms with Crippen LogP contribution in [0.15, 0.2) is 30.6 Å². The molecule has 0 aliphatic heterocycles. The molecule has 0 saturated heterocycles. The summed E-state index contributed by atoms with van der Waals surface area (Å²) in [5.41, 5.74) is 4.51. The highest BCUT2D eigenvalue weighted by Gasteiger charge is 2.11. The number of aromatic amines is 2. The van der Waals surface area contributed by atoms with E-state index in [1.807, 2.05) is 26.0 Å². The number of H-pyrrole nitrogens is 2. The van der Waals surface area contributed by atoms with Crippen LogP contribution in [0.3, 0.4) is 0 Å². The second-order valence-electron chi connectivity index (χ2n) is 4.67. The third-order valence-corrected chi connectivity index (χ3v) is 3.09. The van der Waals surface area contributed by atoms with Gasteiger partial charge in [0.2, 0.25) is 0 Å². The van der Waals surface area contributed by atoms with Gasteiger partial charge in [-0.3, -0.25) is 9.89 Å². The fourth-order valence-electron chi connectivity index (χ4n) is 2.24. The molecule has 96 valence electrons. The lowest BCUT2D eigenvalue weighted by molar-refractivity contribution is 0.102. The molecule has 0 spiro atoms. The van der Waals surface area contributed by atoms with Crippen molar-refractivity contribution in [3.8, 4) is 0 Å². The van der Waals surface area contributed by atoms with Crippen molar-refractivity contribution < 1.29 is 4.79 Å². The molecule has 0 saturated carbocycles. The maximum absolute atomic E-state index is 12.1. The van der Waals surface area contributed by atoms with Crippen molar-refractivity contribution in [3.63, 3.8) is 0 Å². The normalized spacial score (nSPS) is 10.8. The number of benzene rings is 1. The third kappa shape index (κ3) is 2.10. The summed E-state index contributed by atoms with van der Waals surface area (Å²) >= 11 is 0. The quantitative estimate of drug-likeness (QED) is 0.658. The number of amides is 1. The lowest BCUT2D eigenvalue weighted by Crippen LogP contribution is -2.11. The molecule has 0 fully saturated rings. The third-order valence-electron chi connectivity index (χ3n) is 3.09. The zero-order valence-electron chi connectivity index (χ0n) is 10.7. The van der Waals surface area contributed by atoms with Gasteiger partial charge >= 0.3 is 0 Å². The Morgan fingerprint density at radius 2 is 2.11 bits per heavy atom. The number of nitrogens with zero attached hydrogens (tertiary/aromatic N) is 1. The molecule has 5 heteroatoms. The van der Waals surface area contributed by atoms with Gasteiger partial charge in [-0.15, -0.1) is 0 Å². The number of rotatable bonds is 2. The van der Waals surface area contributed by atoms with E-state index in [9.17, 15) is 4.79 Å². The van der Waals surface area contributed by atoms with Gasteiger partial charge in [0.1, 0.15) is 5.69 Å². The molecule has 0 bridgehead atoms. The van der Waals surface area contributed by atoms with Crippen molar-refractivity contribution in [2.45, 2.75) is 13.8 Å². The number of fused-ring (bicyclic) bond motifs is 1. The Bertz CT molecular complexity index is 740. The fourth-order valence-corrected chi connectivity index (χ4v) is 2.24. The number of carbonyl (C=O) groups is 1. The second kappa shape index (κ2) is 4.28. The van der Waals surface area contributed by atoms with Gasteiger partial charge in [0.15, 0.2) is 0 Å². The second-order valence-corrected chi connectivity index (χ2v) is 4.67. The maximum Gasteiger partial charge on any atom is 0.272 e. The zero-order chi connectivity index (χ0) is 13.4. The first-order chi connectivity index (χ1) is 9.13. The summed E-state index contributed by atoms with van der Waals surface area (Å²) in [4.78, 5) is 15.2. The van der Waals surface area contributed by atoms with Gasteiger partial charge in [-0.05, 0) is 37.1 Å². The molecular formula is C14H14N4O. The number of hydrogen-bond acceptors (Lipinski definition) is 2. The number of aromatic nitrogens is 3. The number of nitrogens with one attached hydrogen (secondary N) is 3. The summed E-state index contributed by atoms with van der Waals surface area (Å²) in [6.45, 7) is 4.08. The molecule has 5 nitrogen and oxygen atoms in total. The number of aryl methyl sites for hydroxylation is 2. The summed E-state index contributed by atoms with van der Waals surface area (Å²) in [7, 11) is 0. The number of hydrogen-bond donors (Lipinski definition) is 3. The van der Waals surface area contributed by atoms with E-state index in [4.69, 9.17) is 0 Å². The predicted octanol–water partition coefficient (Wildman–Crippen LogP) is 2.76. The van der Waals surface area contributed by atoms with Crippen molar-refractivity contribution in [1.82, 2.24) is 15.2 Å². The van der Waals surface area contributed by atoms with Crippen molar-refractivity contribution in [2.24, 2.45) is 0 Å². The average molecular weight is 254 g/mol. The van der Waals surface area contributed by atoms with E-state index in [-0.39, 0.29) is 5.91 Å². The molecule has 3 rings (SSSR count). The SMILES string of the molecule is Cc1cc(C)c2cc(C(=O)Nc3cn[nH]c3)[nH]c2c1. The standard InChI is InChI=1S/C14H14N4O/c1-8-3-9(2)11-5-13(18-12(11)4-8)14(19)17-10-6-15-16-7-10/h3-7,18H,1-2H3,(H,15,16)(H,17,19). The Kier molecular flexibility index (Phi) is 2.59. The van der Waals surface area contributed by atoms with E-state index in [0.717, 1.165) is 16.5 Å². The molecule has 0 unspecified atom stereocenters. The molecule has 0 aliphatic rings. The van der Waals surface area contributed by atoms with E-state index < -0.39 is 0 Å². The Balaban J connectivity index is 1.97. The smallest absolute Gasteiger partial charge is 0.272 e. The lowest BCUT2D eigenvalue weighted by atomic mass is 10.1. The van der Waals surface area contributed by atoms with Crippen LogP contribution in [0.2, 0.25) is 0 Å². The zero-order valence-corrected chi connectivity index (χ0v) is 10.7. The molecule has 3 aromatic rings. The minimum Gasteiger partial charge on any atom is -0.351 e. The molecule has 1 aromatic carbocycles. The molecule has 2 heterocycles. The van der Waals surface area contributed by atoms with Gasteiger partial charge in [-0.25, -0.2) is 0 Å². The summed E-state index contributed by atoms with van der Waals surface area (Å²) in [6.07, 6.45) is 3.20. The van der Waals surface area contributed by atoms with Crippen molar-refractivity contribution in [1.29, 1.82) is 0 Å². The van der Waals surface area contributed by atoms with Crippen LogP contribution in [-0.2, 0) is 0 Å². The fraction of sp³-hybridized carbons (Fsp3) is 0.143. The van der Waals surface area contributed by atoms with Gasteiger partial charge in [0, 0.05) is 17.1 Å². The van der Waals surface area contributed by atoms with Crippen LogP contribution in [0, 0.1) is 13.8 Å². The van der Waals surface area contributed by atoms with Crippen LogP contribution < -0.4 is 5.32 Å². The van der Waals surface area contributed by atoms with Crippen LogP contribution in [0.5, 0.6) is 0 Å². The summed E-state index contributed by atoms with van der Waals surface area (Å²) < 4.78 is 0. The summed E-state index contributed by atoms with van der Waals surface area (Å²) in [5, 5.41) is 10.3. The van der Waals surface area contributed by atoms with E-state index in [2.05, 4.69) is 26.6 Å². The van der Waals surface area contributed by atoms with Crippen LogP contribution in [0.25, 0.3) is 10.9 Å². The minimum atomic E-state index is -0.172. The van der Waals surface area contributed by atoms with Crippen molar-refractivity contribution in [3.05, 3.63) is 47.4 Å². The van der Waals surface area contributed by atoms with E-state index in [1.54, 1.807) is 12.4 Å². The van der Waals surface area contributed by atoms with Gasteiger partial charge in [0.25, 0.3) is 5.91 Å². The van der Waals surface area contributed by atoms with E-state index in [0.29, 0.717) is 11.4 Å². The van der Waals surface area contributed by atoms with Crippen molar-refractivity contribution >= 4 is 22.5 Å². The van der Waals surface area contributed by atoms with Gasteiger partial charge < -0.3 is 10.3 Å². The van der Waals surface area contributed by atoms with Gasteiger partial charge in [-0.1, -0.05) is 6.07 Å². The number of anilines is 1. The molecule has 0 aliphatic carbocycles. The first-order valence-electron chi connectivity index (χ1n) is 6.03. The van der Waals surface area contributed by atoms with E-state index >= 15 is 0 Å². The van der Waals surface area contributed by atoms with Crippen molar-refractivity contribution in [2.75, 3.05) is 5.32 Å². The first-order valence-corrected chi connectivity index (χ1v) is 6.03. The average Bonchev–Trinajstić information content (AvgIpc) is 2.97. The highest BCUT2D eigenvalue weighted by Crippen LogP contribution is 2.21. The topological polar surface area (TPSA) is 73.6 Å². The molecule has 2 aromatic heterocycles. The highest BCUT2D eigenvalue weighted by atomic mass is 16.1. The Hall–Kier alpha value is -2.56. The van der Waals surface area contributed by atoms with Crippen LogP contribution >= 0.6 is 0 Å². The summed E-state index contributed by atoms with van der Waals surface area (Å²) in [6, 6.07) is 6.02. The Morgan fingerprint density at radius 1 is 1.26 bits per heavy atom. The molecule has 0 radical (unpaired) electrons. The highest BCUT2D eigenvalue weighted by molar-refractivity contribution is 6.06. The summed E-state index contributed by atoms with van der Waals surface area (Å²) in [5.74, 6) is -0.172. The molecular weight excluding hydrogens is 240 g/mol. The van der Waals surface area contributed by atoms with Gasteiger partial charge in [-0.2, -0.15) is 5.10 Å². The van der Waals surface area contributed by atoms with Crippen LogP contribution in [-0.4, -0.2) is 21.1 Å².